The molecule has 0 radical (unpaired) electrons. The second kappa shape index (κ2) is 9.12. The number of nitrogens with one attached hydrogen (secondary N) is 2. The average molecular weight is 477 g/mol. The highest BCUT2D eigenvalue weighted by atomic mass is 19.3. The van der Waals surface area contributed by atoms with Crippen LogP contribution >= 0.6 is 0 Å². The van der Waals surface area contributed by atoms with Gasteiger partial charge in [-0.25, -0.2) is 13.8 Å². The molecule has 1 unspecified atom stereocenters. The second-order valence-electron chi connectivity index (χ2n) is 7.79. The van der Waals surface area contributed by atoms with E-state index in [0.717, 1.165) is 29.0 Å². The van der Waals surface area contributed by atoms with Crippen LogP contribution in [-0.2, 0) is 23.7 Å². The van der Waals surface area contributed by atoms with Gasteiger partial charge in [0.25, 0.3) is 11.3 Å². The first-order valence-corrected chi connectivity index (χ1v) is 10.3. The van der Waals surface area contributed by atoms with E-state index in [1.54, 1.807) is 0 Å². The molecule has 2 aromatic heterocycles. The molecule has 1 aromatic carbocycles. The first kappa shape index (κ1) is 23.2. The van der Waals surface area contributed by atoms with Crippen LogP contribution < -0.4 is 20.9 Å². The molecule has 3 heterocycles. The van der Waals surface area contributed by atoms with Crippen LogP contribution in [0.3, 0.4) is 0 Å². The van der Waals surface area contributed by atoms with Crippen molar-refractivity contribution in [1.82, 2.24) is 14.9 Å². The smallest absolute Gasteiger partial charge is 0.347 e. The normalized spacial score (nSPS) is 15.1. The van der Waals surface area contributed by atoms with Crippen molar-refractivity contribution in [2.45, 2.75) is 31.4 Å². The minimum Gasteiger partial charge on any atom is -0.618 e. The van der Waals surface area contributed by atoms with Gasteiger partial charge in [0.05, 0.1) is 6.54 Å². The number of nitrogens with zero attached hydrogens (tertiary/aromatic N) is 3. The van der Waals surface area contributed by atoms with Gasteiger partial charge in [0, 0.05) is 36.6 Å². The number of hydrogen-bond donors (Lipinski definition) is 2. The number of fused-ring (bicyclic) bond motifs is 1. The number of carbonyl (C=O) groups excluding carboxylic acids is 1. The molecule has 2 N–H and O–H groups in total. The number of pyridine rings is 1. The molecule has 0 saturated carbocycles. The number of anilines is 1. The second-order valence-corrected chi connectivity index (χ2v) is 7.79. The van der Waals surface area contributed by atoms with Crippen LogP contribution in [0.2, 0.25) is 0 Å². The molecule has 1 amide bonds. The van der Waals surface area contributed by atoms with Gasteiger partial charge in [-0.1, -0.05) is 0 Å². The van der Waals surface area contributed by atoms with Crippen molar-refractivity contribution in [2.75, 3.05) is 11.9 Å². The maximum atomic E-state index is 14.5. The summed E-state index contributed by atoms with van der Waals surface area (Å²) < 4.78 is 56.9. The number of halogens is 4. The Hall–Kier alpha value is -3.96. The molecular formula is C22H19F4N5O3. The Kier molecular flexibility index (Phi) is 6.22. The molecule has 0 bridgehead atoms. The lowest BCUT2D eigenvalue weighted by Gasteiger charge is -2.18. The maximum absolute atomic E-state index is 14.5. The Morgan fingerprint density at radius 1 is 1.24 bits per heavy atom. The topological polar surface area (TPSA) is 103 Å². The largest absolute Gasteiger partial charge is 0.618 e. The summed E-state index contributed by atoms with van der Waals surface area (Å²) in [5, 5.41) is 16.5. The summed E-state index contributed by atoms with van der Waals surface area (Å²) in [6, 6.07) is 5.49. The summed E-state index contributed by atoms with van der Waals surface area (Å²) >= 11 is 0. The molecule has 34 heavy (non-hydrogen) atoms. The zero-order chi connectivity index (χ0) is 24.5. The van der Waals surface area contributed by atoms with Crippen LogP contribution in [0, 0.1) is 16.8 Å². The Morgan fingerprint density at radius 2 is 1.97 bits per heavy atom. The van der Waals surface area contributed by atoms with E-state index in [4.69, 9.17) is 0 Å². The van der Waals surface area contributed by atoms with Gasteiger partial charge in [-0.3, -0.25) is 14.2 Å². The van der Waals surface area contributed by atoms with E-state index < -0.39 is 53.1 Å². The molecule has 0 fully saturated rings. The van der Waals surface area contributed by atoms with Crippen molar-refractivity contribution >= 4 is 11.7 Å². The highest BCUT2D eigenvalue weighted by Crippen LogP contribution is 2.26. The van der Waals surface area contributed by atoms with Gasteiger partial charge in [-0.05, 0) is 36.6 Å². The van der Waals surface area contributed by atoms with Crippen LogP contribution in [0.4, 0.5) is 23.4 Å². The molecule has 0 aliphatic carbocycles. The van der Waals surface area contributed by atoms with Crippen molar-refractivity contribution in [1.29, 1.82) is 0 Å². The number of amides is 1. The number of aryl methyl sites for hydroxylation is 1. The molecule has 0 spiro atoms. The lowest BCUT2D eigenvalue weighted by atomic mass is 10.1. The van der Waals surface area contributed by atoms with Gasteiger partial charge in [0.1, 0.15) is 17.7 Å². The van der Waals surface area contributed by atoms with E-state index in [0.29, 0.717) is 18.2 Å². The molecule has 1 aliphatic heterocycles. The average Bonchev–Trinajstić information content (AvgIpc) is 3.22. The van der Waals surface area contributed by atoms with Crippen LogP contribution in [-0.4, -0.2) is 22.0 Å². The fourth-order valence-corrected chi connectivity index (χ4v) is 3.83. The van der Waals surface area contributed by atoms with Crippen molar-refractivity contribution in [2.24, 2.45) is 0 Å². The van der Waals surface area contributed by atoms with Crippen molar-refractivity contribution in [3.8, 4) is 0 Å². The molecule has 12 heteroatoms. The summed E-state index contributed by atoms with van der Waals surface area (Å²) in [5.74, 6) is -6.14. The molecule has 1 aliphatic rings. The SMILES string of the molecule is O=C(NCc1cc(F)cc(F)c1)C1CCc2cnc(NCC(F)(F)c3cccc[n+]3[O-])c(=O)n21. The van der Waals surface area contributed by atoms with E-state index in [1.807, 2.05) is 0 Å². The van der Waals surface area contributed by atoms with Crippen LogP contribution in [0.5, 0.6) is 0 Å². The third-order valence-corrected chi connectivity index (χ3v) is 5.43. The Bertz CT molecular complexity index is 1280. The fraction of sp³-hybridized carbons (Fsp3) is 0.273. The van der Waals surface area contributed by atoms with E-state index in [2.05, 4.69) is 15.6 Å². The van der Waals surface area contributed by atoms with Crippen LogP contribution in [0.15, 0.2) is 53.6 Å². The summed E-state index contributed by atoms with van der Waals surface area (Å²) in [5.41, 5.74) is -0.924. The summed E-state index contributed by atoms with van der Waals surface area (Å²) in [6.45, 7) is -1.23. The number of alkyl halides is 2. The lowest BCUT2D eigenvalue weighted by molar-refractivity contribution is -0.624. The van der Waals surface area contributed by atoms with Crippen molar-refractivity contribution in [3.63, 3.8) is 0 Å². The summed E-state index contributed by atoms with van der Waals surface area (Å²) in [7, 11) is 0. The Morgan fingerprint density at radius 3 is 2.68 bits per heavy atom. The minimum atomic E-state index is -3.60. The highest BCUT2D eigenvalue weighted by Gasteiger charge is 2.40. The van der Waals surface area contributed by atoms with E-state index in [9.17, 15) is 32.4 Å². The van der Waals surface area contributed by atoms with E-state index in [1.165, 1.54) is 18.3 Å². The zero-order valence-corrected chi connectivity index (χ0v) is 17.6. The van der Waals surface area contributed by atoms with Gasteiger partial charge >= 0.3 is 5.92 Å². The third-order valence-electron chi connectivity index (χ3n) is 5.43. The van der Waals surface area contributed by atoms with Crippen molar-refractivity contribution < 1.29 is 27.1 Å². The standard InChI is InChI=1S/C22H19F4N5O3/c23-14-7-13(8-15(24)9-14)10-28-20(32)17-5-4-16-11-27-19(21(33)31(16)17)29-12-22(25,26)18-3-1-2-6-30(18)34/h1-3,6-9,11,17H,4-5,10,12H2,(H,27,29)(H,28,32). The molecule has 3 aromatic rings. The zero-order valence-electron chi connectivity index (χ0n) is 17.6. The number of aromatic nitrogens is 3. The quantitative estimate of drug-likeness (QED) is 0.309. The van der Waals surface area contributed by atoms with E-state index >= 15 is 0 Å². The number of benzene rings is 1. The van der Waals surface area contributed by atoms with Gasteiger partial charge < -0.3 is 15.8 Å². The predicted molar refractivity (Wildman–Crippen MR) is 112 cm³/mol. The molecular weight excluding hydrogens is 458 g/mol. The van der Waals surface area contributed by atoms with Gasteiger partial charge in [0.2, 0.25) is 5.91 Å². The van der Waals surface area contributed by atoms with Gasteiger partial charge in [-0.15, -0.1) is 0 Å². The molecule has 4 rings (SSSR count). The maximum Gasteiger partial charge on any atom is 0.347 e. The first-order chi connectivity index (χ1) is 16.2. The Balaban J connectivity index is 1.49. The van der Waals surface area contributed by atoms with Crippen LogP contribution in [0.1, 0.15) is 29.4 Å². The monoisotopic (exact) mass is 477 g/mol. The number of carbonyl (C=O) groups is 1. The van der Waals surface area contributed by atoms with Gasteiger partial charge in [-0.2, -0.15) is 13.5 Å². The molecule has 1 atom stereocenters. The first-order valence-electron chi connectivity index (χ1n) is 10.3. The summed E-state index contributed by atoms with van der Waals surface area (Å²) in [4.78, 5) is 29.5. The number of hydrogen-bond acceptors (Lipinski definition) is 5. The fourth-order valence-electron chi connectivity index (χ4n) is 3.83. The molecule has 8 nitrogen and oxygen atoms in total. The lowest BCUT2D eigenvalue weighted by Crippen LogP contribution is -2.42. The molecule has 178 valence electrons. The third kappa shape index (κ3) is 4.70. The predicted octanol–water partition coefficient (Wildman–Crippen LogP) is 2.16. The van der Waals surface area contributed by atoms with Crippen molar-refractivity contribution in [3.05, 3.63) is 92.9 Å². The molecule has 0 saturated heterocycles. The van der Waals surface area contributed by atoms with E-state index in [-0.39, 0.29) is 23.3 Å². The minimum absolute atomic E-state index is 0.0372. The van der Waals surface area contributed by atoms with Gasteiger partial charge in [0.15, 0.2) is 12.0 Å². The highest BCUT2D eigenvalue weighted by molar-refractivity contribution is 5.81. The Labute approximate surface area is 190 Å². The summed E-state index contributed by atoms with van der Waals surface area (Å²) in [6.07, 6.45) is 2.87. The number of rotatable bonds is 7. The van der Waals surface area contributed by atoms with Crippen LogP contribution in [0.25, 0.3) is 0 Å².